The topological polar surface area (TPSA) is 78.8 Å². The summed E-state index contributed by atoms with van der Waals surface area (Å²) in [6.45, 7) is 5.41. The molecule has 0 aliphatic heterocycles. The first-order chi connectivity index (χ1) is 11.7. The van der Waals surface area contributed by atoms with Crippen LogP contribution in [0.3, 0.4) is 0 Å². The van der Waals surface area contributed by atoms with Gasteiger partial charge in [-0.15, -0.1) is 0 Å². The minimum absolute atomic E-state index is 0.131. The van der Waals surface area contributed by atoms with Gasteiger partial charge in [0.15, 0.2) is 0 Å². The van der Waals surface area contributed by atoms with E-state index in [1.54, 1.807) is 45.0 Å². The predicted molar refractivity (Wildman–Crippen MR) is 93.7 cm³/mol. The van der Waals surface area contributed by atoms with E-state index >= 15 is 0 Å². The molecule has 2 rings (SSSR count). The molecule has 0 radical (unpaired) electrons. The average Bonchev–Trinajstić information content (AvgIpc) is 2.53. The molecule has 0 heterocycles. The maximum absolute atomic E-state index is 13.9. The van der Waals surface area contributed by atoms with Crippen molar-refractivity contribution in [2.45, 2.75) is 45.0 Å². The lowest BCUT2D eigenvalue weighted by Gasteiger charge is -2.22. The van der Waals surface area contributed by atoms with Crippen LogP contribution >= 0.6 is 0 Å². The van der Waals surface area contributed by atoms with Crippen molar-refractivity contribution in [3.05, 3.63) is 47.8 Å². The van der Waals surface area contributed by atoms with Crippen molar-refractivity contribution in [1.29, 1.82) is 0 Å². The van der Waals surface area contributed by atoms with Crippen molar-refractivity contribution in [3.63, 3.8) is 0 Å². The van der Waals surface area contributed by atoms with Gasteiger partial charge in [-0.3, -0.25) is 0 Å². The maximum atomic E-state index is 13.9. The van der Waals surface area contributed by atoms with Gasteiger partial charge < -0.3 is 20.3 Å². The fraction of sp³-hybridized carbons (Fsp3) is 0.421. The SMILES string of the molecule is CC(C)(C)OC(=O)NCCC(O)C(O)c1ccc(F)c2ccccc12. The largest absolute Gasteiger partial charge is 0.444 e. The summed E-state index contributed by atoms with van der Waals surface area (Å²) in [6.07, 6.45) is -2.75. The van der Waals surface area contributed by atoms with Gasteiger partial charge in [-0.05, 0) is 44.2 Å². The number of aliphatic hydroxyl groups excluding tert-OH is 2. The highest BCUT2D eigenvalue weighted by atomic mass is 19.1. The molecule has 0 aliphatic rings. The summed E-state index contributed by atoms with van der Waals surface area (Å²) in [4.78, 5) is 11.6. The van der Waals surface area contributed by atoms with Gasteiger partial charge in [0.05, 0.1) is 6.10 Å². The predicted octanol–water partition coefficient (Wildman–Crippen LogP) is 3.29. The van der Waals surface area contributed by atoms with Crippen LogP contribution in [0.25, 0.3) is 10.8 Å². The molecule has 2 atom stereocenters. The zero-order valence-corrected chi connectivity index (χ0v) is 14.6. The Labute approximate surface area is 146 Å². The van der Waals surface area contributed by atoms with Crippen LogP contribution in [-0.4, -0.2) is 34.6 Å². The van der Waals surface area contributed by atoms with E-state index in [2.05, 4.69) is 5.32 Å². The van der Waals surface area contributed by atoms with Crippen LogP contribution in [0.4, 0.5) is 9.18 Å². The molecule has 5 nitrogen and oxygen atoms in total. The zero-order valence-electron chi connectivity index (χ0n) is 14.6. The number of fused-ring (bicyclic) bond motifs is 1. The fourth-order valence-corrected chi connectivity index (χ4v) is 2.54. The number of rotatable bonds is 5. The van der Waals surface area contributed by atoms with Gasteiger partial charge >= 0.3 is 6.09 Å². The number of alkyl carbamates (subject to hydrolysis) is 1. The number of halogens is 1. The number of ether oxygens (including phenoxy) is 1. The number of nitrogens with one attached hydrogen (secondary N) is 1. The van der Waals surface area contributed by atoms with Crippen molar-refractivity contribution in [3.8, 4) is 0 Å². The number of hydrogen-bond acceptors (Lipinski definition) is 4. The van der Waals surface area contributed by atoms with Crippen LogP contribution in [0.1, 0.15) is 38.9 Å². The second kappa shape index (κ2) is 7.80. The molecule has 2 aromatic rings. The average molecular weight is 349 g/mol. The van der Waals surface area contributed by atoms with Gasteiger partial charge in [0.2, 0.25) is 0 Å². The molecule has 25 heavy (non-hydrogen) atoms. The minimum atomic E-state index is -1.19. The van der Waals surface area contributed by atoms with E-state index in [0.717, 1.165) is 0 Å². The molecular formula is C19H24FNO4. The van der Waals surface area contributed by atoms with Gasteiger partial charge in [0, 0.05) is 11.9 Å². The Balaban J connectivity index is 2.00. The fourth-order valence-electron chi connectivity index (χ4n) is 2.54. The van der Waals surface area contributed by atoms with E-state index in [9.17, 15) is 19.4 Å². The number of carbonyl (C=O) groups is 1. The third-order valence-corrected chi connectivity index (χ3v) is 3.70. The Morgan fingerprint density at radius 1 is 1.16 bits per heavy atom. The lowest BCUT2D eigenvalue weighted by molar-refractivity contribution is 0.0131. The molecular weight excluding hydrogens is 325 g/mol. The third kappa shape index (κ3) is 5.14. The summed E-state index contributed by atoms with van der Waals surface area (Å²) in [5.74, 6) is -0.382. The summed E-state index contributed by atoms with van der Waals surface area (Å²) >= 11 is 0. The van der Waals surface area contributed by atoms with Crippen LogP contribution in [-0.2, 0) is 4.74 Å². The normalized spacial score (nSPS) is 14.2. The van der Waals surface area contributed by atoms with E-state index < -0.39 is 23.9 Å². The highest BCUT2D eigenvalue weighted by Crippen LogP contribution is 2.28. The van der Waals surface area contributed by atoms with E-state index in [4.69, 9.17) is 4.74 Å². The molecule has 6 heteroatoms. The summed E-state index contributed by atoms with van der Waals surface area (Å²) in [6, 6.07) is 9.51. The van der Waals surface area contributed by atoms with Crippen LogP contribution < -0.4 is 5.32 Å². The number of carbonyl (C=O) groups excluding carboxylic acids is 1. The molecule has 2 aromatic carbocycles. The molecule has 136 valence electrons. The van der Waals surface area contributed by atoms with Crippen LogP contribution in [0.5, 0.6) is 0 Å². The maximum Gasteiger partial charge on any atom is 0.407 e. The Hall–Kier alpha value is -2.18. The summed E-state index contributed by atoms with van der Waals surface area (Å²) < 4.78 is 19.0. The van der Waals surface area contributed by atoms with E-state index in [-0.39, 0.29) is 18.8 Å². The van der Waals surface area contributed by atoms with Crippen LogP contribution in [0.2, 0.25) is 0 Å². The highest BCUT2D eigenvalue weighted by Gasteiger charge is 2.22. The van der Waals surface area contributed by atoms with Gasteiger partial charge in [0.1, 0.15) is 17.5 Å². The lowest BCUT2D eigenvalue weighted by Crippen LogP contribution is -2.34. The second-order valence-corrected chi connectivity index (χ2v) is 6.91. The molecule has 1 amide bonds. The van der Waals surface area contributed by atoms with Crippen molar-refractivity contribution < 1.29 is 24.1 Å². The molecule has 2 unspecified atom stereocenters. The van der Waals surface area contributed by atoms with Crippen molar-refractivity contribution >= 4 is 16.9 Å². The Bertz CT molecular complexity index is 742. The van der Waals surface area contributed by atoms with Gasteiger partial charge in [-0.1, -0.05) is 30.3 Å². The van der Waals surface area contributed by atoms with Crippen LogP contribution in [0, 0.1) is 5.82 Å². The second-order valence-electron chi connectivity index (χ2n) is 6.91. The summed E-state index contributed by atoms with van der Waals surface area (Å²) in [7, 11) is 0. The molecule has 0 aliphatic carbocycles. The Morgan fingerprint density at radius 3 is 2.44 bits per heavy atom. The lowest BCUT2D eigenvalue weighted by atomic mass is 9.96. The quantitative estimate of drug-likeness (QED) is 0.774. The summed E-state index contributed by atoms with van der Waals surface area (Å²) in [5, 5.41) is 24.1. The molecule has 0 saturated carbocycles. The first-order valence-corrected chi connectivity index (χ1v) is 8.19. The smallest absolute Gasteiger partial charge is 0.407 e. The van der Waals surface area contributed by atoms with E-state index in [1.165, 1.54) is 12.1 Å². The number of aliphatic hydroxyl groups is 2. The van der Waals surface area contributed by atoms with Crippen molar-refractivity contribution in [2.75, 3.05) is 6.54 Å². The highest BCUT2D eigenvalue weighted by molar-refractivity contribution is 5.86. The van der Waals surface area contributed by atoms with Crippen molar-refractivity contribution in [2.24, 2.45) is 0 Å². The van der Waals surface area contributed by atoms with Crippen LogP contribution in [0.15, 0.2) is 36.4 Å². The summed E-state index contributed by atoms with van der Waals surface area (Å²) in [5.41, 5.74) is -0.156. The Kier molecular flexibility index (Phi) is 5.98. The molecule has 0 spiro atoms. The van der Waals surface area contributed by atoms with E-state index in [0.29, 0.717) is 16.3 Å². The van der Waals surface area contributed by atoms with E-state index in [1.807, 2.05) is 0 Å². The Morgan fingerprint density at radius 2 is 1.80 bits per heavy atom. The number of benzene rings is 2. The monoisotopic (exact) mass is 349 g/mol. The first kappa shape index (κ1) is 19.1. The third-order valence-electron chi connectivity index (χ3n) is 3.70. The zero-order chi connectivity index (χ0) is 18.6. The van der Waals surface area contributed by atoms with Gasteiger partial charge in [-0.2, -0.15) is 0 Å². The minimum Gasteiger partial charge on any atom is -0.444 e. The molecule has 0 saturated heterocycles. The van der Waals surface area contributed by atoms with Crippen molar-refractivity contribution in [1.82, 2.24) is 5.32 Å². The standard InChI is InChI=1S/C19H24FNO4/c1-19(2,3)25-18(24)21-11-10-16(22)17(23)14-8-9-15(20)13-7-5-4-6-12(13)14/h4-9,16-17,22-23H,10-11H2,1-3H3,(H,21,24). The molecule has 3 N–H and O–H groups in total. The van der Waals surface area contributed by atoms with Gasteiger partial charge in [-0.25, -0.2) is 9.18 Å². The number of amides is 1. The first-order valence-electron chi connectivity index (χ1n) is 8.19. The number of hydrogen-bond donors (Lipinski definition) is 3. The van der Waals surface area contributed by atoms with Gasteiger partial charge in [0.25, 0.3) is 0 Å². The molecule has 0 aromatic heterocycles. The molecule has 0 fully saturated rings. The molecule has 0 bridgehead atoms.